The van der Waals surface area contributed by atoms with Crippen molar-refractivity contribution in [2.45, 2.75) is 0 Å². The molecule has 6 heteroatoms. The highest BCUT2D eigenvalue weighted by molar-refractivity contribution is 5.99. The SMILES string of the molecule is CN(C)CCN(C)c1nnccc1C(=N)N. The Morgan fingerprint density at radius 1 is 1.38 bits per heavy atom. The number of nitrogens with two attached hydrogens (primary N) is 1. The first kappa shape index (κ1) is 12.4. The molecule has 0 spiro atoms. The summed E-state index contributed by atoms with van der Waals surface area (Å²) >= 11 is 0. The largest absolute Gasteiger partial charge is 0.384 e. The Morgan fingerprint density at radius 3 is 2.62 bits per heavy atom. The summed E-state index contributed by atoms with van der Waals surface area (Å²) in [6, 6.07) is 1.71. The van der Waals surface area contributed by atoms with Gasteiger partial charge < -0.3 is 15.5 Å². The monoisotopic (exact) mass is 222 g/mol. The molecule has 1 rings (SSSR count). The van der Waals surface area contributed by atoms with Crippen molar-refractivity contribution in [3.8, 4) is 0 Å². The van der Waals surface area contributed by atoms with Crippen LogP contribution >= 0.6 is 0 Å². The number of nitrogen functional groups attached to an aromatic ring is 1. The summed E-state index contributed by atoms with van der Waals surface area (Å²) in [4.78, 5) is 4.03. The number of rotatable bonds is 5. The second-order valence-electron chi connectivity index (χ2n) is 3.91. The van der Waals surface area contributed by atoms with E-state index < -0.39 is 0 Å². The number of nitrogens with zero attached hydrogens (tertiary/aromatic N) is 4. The van der Waals surface area contributed by atoms with Gasteiger partial charge in [0.2, 0.25) is 0 Å². The molecule has 1 heterocycles. The fraction of sp³-hybridized carbons (Fsp3) is 0.500. The zero-order valence-electron chi connectivity index (χ0n) is 9.94. The Balaban J connectivity index is 2.82. The molecule has 0 unspecified atom stereocenters. The van der Waals surface area contributed by atoms with Crippen LogP contribution in [0, 0.1) is 5.41 Å². The Bertz CT molecular complexity index is 362. The van der Waals surface area contributed by atoms with Crippen molar-refractivity contribution in [3.63, 3.8) is 0 Å². The quantitative estimate of drug-likeness (QED) is 0.530. The van der Waals surface area contributed by atoms with Gasteiger partial charge in [0.05, 0.1) is 11.8 Å². The molecule has 0 aliphatic heterocycles. The number of anilines is 1. The molecule has 0 amide bonds. The maximum atomic E-state index is 7.46. The van der Waals surface area contributed by atoms with Gasteiger partial charge in [0, 0.05) is 20.1 Å². The summed E-state index contributed by atoms with van der Waals surface area (Å²) in [5, 5.41) is 15.3. The molecule has 0 atom stereocenters. The highest BCUT2D eigenvalue weighted by atomic mass is 15.3. The lowest BCUT2D eigenvalue weighted by molar-refractivity contribution is 0.416. The normalized spacial score (nSPS) is 10.5. The predicted molar refractivity (Wildman–Crippen MR) is 64.9 cm³/mol. The lowest BCUT2D eigenvalue weighted by Gasteiger charge is -2.21. The van der Waals surface area contributed by atoms with Crippen molar-refractivity contribution in [2.75, 3.05) is 39.1 Å². The van der Waals surface area contributed by atoms with Crippen LogP contribution in [0.5, 0.6) is 0 Å². The first-order chi connectivity index (χ1) is 7.52. The first-order valence-corrected chi connectivity index (χ1v) is 5.04. The molecule has 1 aromatic heterocycles. The van der Waals surface area contributed by atoms with Crippen molar-refractivity contribution in [1.29, 1.82) is 5.41 Å². The molecule has 3 N–H and O–H groups in total. The van der Waals surface area contributed by atoms with E-state index >= 15 is 0 Å². The van der Waals surface area contributed by atoms with Crippen molar-refractivity contribution in [3.05, 3.63) is 17.8 Å². The van der Waals surface area contributed by atoms with Crippen LogP contribution in [-0.4, -0.2) is 55.2 Å². The molecule has 0 saturated carbocycles. The number of hydrogen-bond donors (Lipinski definition) is 2. The van der Waals surface area contributed by atoms with E-state index in [1.807, 2.05) is 26.0 Å². The van der Waals surface area contributed by atoms with Crippen LogP contribution in [0.1, 0.15) is 5.56 Å². The van der Waals surface area contributed by atoms with Gasteiger partial charge in [-0.3, -0.25) is 5.41 Å². The van der Waals surface area contributed by atoms with Crippen LogP contribution in [-0.2, 0) is 0 Å². The highest BCUT2D eigenvalue weighted by Gasteiger charge is 2.11. The maximum absolute atomic E-state index is 7.46. The van der Waals surface area contributed by atoms with Gasteiger partial charge in [-0.1, -0.05) is 0 Å². The second-order valence-corrected chi connectivity index (χ2v) is 3.91. The summed E-state index contributed by atoms with van der Waals surface area (Å²) in [6.07, 6.45) is 1.54. The van der Waals surface area contributed by atoms with E-state index in [4.69, 9.17) is 11.1 Å². The van der Waals surface area contributed by atoms with Gasteiger partial charge in [-0.25, -0.2) is 0 Å². The van der Waals surface area contributed by atoms with Crippen LogP contribution < -0.4 is 10.6 Å². The third kappa shape index (κ3) is 3.16. The summed E-state index contributed by atoms with van der Waals surface area (Å²) in [7, 11) is 5.94. The molecule has 88 valence electrons. The molecule has 16 heavy (non-hydrogen) atoms. The van der Waals surface area contributed by atoms with Crippen LogP contribution in [0.3, 0.4) is 0 Å². The number of amidine groups is 1. The Kier molecular flexibility index (Phi) is 4.19. The second kappa shape index (κ2) is 5.41. The van der Waals surface area contributed by atoms with Crippen molar-refractivity contribution in [2.24, 2.45) is 5.73 Å². The fourth-order valence-electron chi connectivity index (χ4n) is 1.27. The molecule has 1 aromatic rings. The molecule has 6 nitrogen and oxygen atoms in total. The van der Waals surface area contributed by atoms with Crippen molar-refractivity contribution < 1.29 is 0 Å². The zero-order chi connectivity index (χ0) is 12.1. The molecule has 0 radical (unpaired) electrons. The standard InChI is InChI=1S/C10H18N6/c1-15(2)6-7-16(3)10-8(9(11)12)4-5-13-14-10/h4-5H,6-7H2,1-3H3,(H3,11,12). The van der Waals surface area contributed by atoms with E-state index in [0.717, 1.165) is 13.1 Å². The van der Waals surface area contributed by atoms with Gasteiger partial charge in [-0.15, -0.1) is 5.10 Å². The molecule has 0 saturated heterocycles. The topological polar surface area (TPSA) is 82.1 Å². The summed E-state index contributed by atoms with van der Waals surface area (Å²) in [5.74, 6) is 0.665. The van der Waals surface area contributed by atoms with Crippen LogP contribution in [0.4, 0.5) is 5.82 Å². The third-order valence-electron chi connectivity index (χ3n) is 2.24. The zero-order valence-corrected chi connectivity index (χ0v) is 9.94. The van der Waals surface area contributed by atoms with E-state index in [2.05, 4.69) is 15.1 Å². The van der Waals surface area contributed by atoms with Crippen molar-refractivity contribution in [1.82, 2.24) is 15.1 Å². The summed E-state index contributed by atoms with van der Waals surface area (Å²) < 4.78 is 0. The number of hydrogen-bond acceptors (Lipinski definition) is 5. The average molecular weight is 222 g/mol. The smallest absolute Gasteiger partial charge is 0.162 e. The Hall–Kier alpha value is -1.69. The lowest BCUT2D eigenvalue weighted by Crippen LogP contribution is -2.31. The highest BCUT2D eigenvalue weighted by Crippen LogP contribution is 2.13. The predicted octanol–water partition coefficient (Wildman–Crippen LogP) is -0.242. The van der Waals surface area contributed by atoms with Gasteiger partial charge in [-0.2, -0.15) is 5.10 Å². The minimum atomic E-state index is 0.0154. The first-order valence-electron chi connectivity index (χ1n) is 5.04. The van der Waals surface area contributed by atoms with E-state index in [1.165, 1.54) is 0 Å². The van der Waals surface area contributed by atoms with E-state index in [9.17, 15) is 0 Å². The average Bonchev–Trinajstić information content (AvgIpc) is 2.25. The third-order valence-corrected chi connectivity index (χ3v) is 2.24. The Labute approximate surface area is 95.6 Å². The van der Waals surface area contributed by atoms with E-state index in [-0.39, 0.29) is 5.84 Å². The van der Waals surface area contributed by atoms with Crippen LogP contribution in [0.2, 0.25) is 0 Å². The molecule has 0 aliphatic carbocycles. The van der Waals surface area contributed by atoms with E-state index in [0.29, 0.717) is 11.4 Å². The number of nitrogens with one attached hydrogen (secondary N) is 1. The maximum Gasteiger partial charge on any atom is 0.162 e. The minimum absolute atomic E-state index is 0.0154. The van der Waals surface area contributed by atoms with Crippen LogP contribution in [0.15, 0.2) is 12.3 Å². The van der Waals surface area contributed by atoms with Gasteiger partial charge in [0.25, 0.3) is 0 Å². The molecular formula is C10H18N6. The molecule has 0 bridgehead atoms. The molecule has 0 aromatic carbocycles. The molecular weight excluding hydrogens is 204 g/mol. The Morgan fingerprint density at radius 2 is 2.06 bits per heavy atom. The summed E-state index contributed by atoms with van der Waals surface area (Å²) in [5.41, 5.74) is 6.11. The molecule has 0 fully saturated rings. The minimum Gasteiger partial charge on any atom is -0.384 e. The van der Waals surface area contributed by atoms with Crippen LogP contribution in [0.25, 0.3) is 0 Å². The molecule has 0 aliphatic rings. The van der Waals surface area contributed by atoms with Gasteiger partial charge in [0.1, 0.15) is 5.84 Å². The lowest BCUT2D eigenvalue weighted by atomic mass is 10.2. The van der Waals surface area contributed by atoms with Gasteiger partial charge in [-0.05, 0) is 20.2 Å². The number of aromatic nitrogens is 2. The van der Waals surface area contributed by atoms with Gasteiger partial charge in [0.15, 0.2) is 5.82 Å². The summed E-state index contributed by atoms with van der Waals surface area (Å²) in [6.45, 7) is 1.72. The number of likely N-dealkylation sites (N-methyl/N-ethyl adjacent to an activating group) is 2. The van der Waals surface area contributed by atoms with Gasteiger partial charge >= 0.3 is 0 Å². The van der Waals surface area contributed by atoms with E-state index in [1.54, 1.807) is 12.3 Å². The van der Waals surface area contributed by atoms with Crippen molar-refractivity contribution >= 4 is 11.7 Å². The fourth-order valence-corrected chi connectivity index (χ4v) is 1.27.